The summed E-state index contributed by atoms with van der Waals surface area (Å²) in [5.41, 5.74) is 2.85. The lowest BCUT2D eigenvalue weighted by atomic mass is 9.93. The molecule has 0 aliphatic carbocycles. The van der Waals surface area contributed by atoms with Gasteiger partial charge in [-0.15, -0.1) is 0 Å². The van der Waals surface area contributed by atoms with Crippen molar-refractivity contribution in [2.45, 2.75) is 19.9 Å². The zero-order valence-corrected chi connectivity index (χ0v) is 26.7. The molecule has 12 heteroatoms. The summed E-state index contributed by atoms with van der Waals surface area (Å²) in [5, 5.41) is 11.2. The number of benzene rings is 3. The Morgan fingerprint density at radius 2 is 1.81 bits per heavy atom. The summed E-state index contributed by atoms with van der Waals surface area (Å²) in [7, 11) is 3.04. The van der Waals surface area contributed by atoms with Gasteiger partial charge >= 0.3 is 5.97 Å². The summed E-state index contributed by atoms with van der Waals surface area (Å²) in [4.78, 5) is 43.9. The maximum Gasteiger partial charge on any atom is 0.338 e. The van der Waals surface area contributed by atoms with Gasteiger partial charge in [0.15, 0.2) is 16.3 Å². The fraction of sp³-hybridized carbons (Fsp3) is 0.171. The van der Waals surface area contributed by atoms with Crippen LogP contribution >= 0.6 is 11.3 Å². The summed E-state index contributed by atoms with van der Waals surface area (Å²) in [6, 6.07) is 21.6. The number of aryl methyl sites for hydroxylation is 1. The topological polar surface area (TPSA) is 135 Å². The van der Waals surface area contributed by atoms with Gasteiger partial charge in [-0.25, -0.2) is 9.79 Å². The van der Waals surface area contributed by atoms with Gasteiger partial charge in [-0.05, 0) is 55.3 Å². The maximum atomic E-state index is 14.2. The number of methoxy groups -OCH3 is 2. The number of carbonyl (C=O) groups is 1. The van der Waals surface area contributed by atoms with E-state index in [-0.39, 0.29) is 23.4 Å². The number of esters is 1. The predicted molar refractivity (Wildman–Crippen MR) is 176 cm³/mol. The number of aromatic nitrogens is 1. The minimum absolute atomic E-state index is 0.0137. The molecule has 0 unspecified atom stereocenters. The Balaban J connectivity index is 1.55. The molecule has 5 aromatic rings. The highest BCUT2D eigenvalue weighted by molar-refractivity contribution is 7.07. The molecule has 11 nitrogen and oxygen atoms in total. The van der Waals surface area contributed by atoms with E-state index in [1.807, 2.05) is 30.3 Å². The second kappa shape index (κ2) is 12.9. The molecular weight excluding hydrogens is 622 g/mol. The van der Waals surface area contributed by atoms with E-state index in [1.165, 1.54) is 30.9 Å². The molecule has 0 saturated carbocycles. The minimum Gasteiger partial charge on any atom is -0.493 e. The first-order valence-corrected chi connectivity index (χ1v) is 15.4. The number of thiazole rings is 1. The lowest BCUT2D eigenvalue weighted by molar-refractivity contribution is -0.384. The van der Waals surface area contributed by atoms with Gasteiger partial charge in [-0.3, -0.25) is 19.5 Å². The van der Waals surface area contributed by atoms with E-state index in [4.69, 9.17) is 23.6 Å². The Kier molecular flexibility index (Phi) is 8.59. The van der Waals surface area contributed by atoms with Crippen molar-refractivity contribution in [3.05, 3.63) is 137 Å². The number of rotatable bonds is 9. The Morgan fingerprint density at radius 1 is 1.04 bits per heavy atom. The number of hydrogen-bond acceptors (Lipinski definition) is 10. The molecule has 0 amide bonds. The van der Waals surface area contributed by atoms with E-state index in [0.717, 1.165) is 11.3 Å². The number of nitrogens with zero attached hydrogens (tertiary/aromatic N) is 3. The molecule has 6 rings (SSSR count). The molecule has 0 spiro atoms. The molecule has 0 fully saturated rings. The Labute approximate surface area is 272 Å². The molecular formula is C35H29N3O8S. The van der Waals surface area contributed by atoms with Gasteiger partial charge in [0.1, 0.15) is 11.5 Å². The number of ether oxygens (including phenoxy) is 3. The number of fused-ring (bicyclic) bond motifs is 1. The zero-order chi connectivity index (χ0) is 33.2. The van der Waals surface area contributed by atoms with Crippen molar-refractivity contribution in [1.29, 1.82) is 0 Å². The van der Waals surface area contributed by atoms with E-state index >= 15 is 0 Å². The van der Waals surface area contributed by atoms with Crippen molar-refractivity contribution in [1.82, 2.24) is 4.57 Å². The highest BCUT2D eigenvalue weighted by Gasteiger charge is 2.35. The van der Waals surface area contributed by atoms with Crippen LogP contribution in [0.1, 0.15) is 35.4 Å². The van der Waals surface area contributed by atoms with Crippen LogP contribution in [0, 0.1) is 17.0 Å². The summed E-state index contributed by atoms with van der Waals surface area (Å²) < 4.78 is 24.4. The number of carbonyl (C=O) groups excluding carboxylic acids is 1. The lowest BCUT2D eigenvalue weighted by Crippen LogP contribution is -2.40. The molecule has 1 aliphatic rings. The number of non-ortho nitro benzene ring substituents is 1. The van der Waals surface area contributed by atoms with Crippen molar-refractivity contribution in [3.63, 3.8) is 0 Å². The van der Waals surface area contributed by atoms with E-state index in [2.05, 4.69) is 0 Å². The molecule has 0 bridgehead atoms. The second-order valence-corrected chi connectivity index (χ2v) is 11.5. The SMILES string of the molecule is CCOC(=O)C1=C(c2ccccc2)N=c2s/c(=C\c3ccc(-c4ccc([N+](=O)[O-])cc4C)o3)c(=O)n2[C@@H]1c1ccc(OC)c(OC)c1. The number of nitro benzene ring substituents is 1. The van der Waals surface area contributed by atoms with Crippen LogP contribution in [0.2, 0.25) is 0 Å². The van der Waals surface area contributed by atoms with Crippen LogP contribution in [0.4, 0.5) is 5.69 Å². The highest BCUT2D eigenvalue weighted by Crippen LogP contribution is 2.38. The molecule has 238 valence electrons. The van der Waals surface area contributed by atoms with Gasteiger partial charge < -0.3 is 18.6 Å². The molecule has 0 saturated heterocycles. The van der Waals surface area contributed by atoms with Gasteiger partial charge in [-0.2, -0.15) is 0 Å². The summed E-state index contributed by atoms with van der Waals surface area (Å²) >= 11 is 1.16. The first-order chi connectivity index (χ1) is 22.7. The molecule has 3 heterocycles. The monoisotopic (exact) mass is 651 g/mol. The normalized spacial score (nSPS) is 14.4. The Bertz CT molecular complexity index is 2230. The van der Waals surface area contributed by atoms with E-state index in [9.17, 15) is 19.7 Å². The molecule has 1 atom stereocenters. The minimum atomic E-state index is -0.905. The van der Waals surface area contributed by atoms with Crippen molar-refractivity contribution in [2.24, 2.45) is 4.99 Å². The van der Waals surface area contributed by atoms with Crippen LogP contribution in [0.3, 0.4) is 0 Å². The third-order valence-corrected chi connectivity index (χ3v) is 8.67. The summed E-state index contributed by atoms with van der Waals surface area (Å²) in [6.45, 7) is 3.61. The zero-order valence-electron chi connectivity index (χ0n) is 25.9. The Morgan fingerprint density at radius 3 is 2.49 bits per heavy atom. The quantitative estimate of drug-likeness (QED) is 0.117. The van der Waals surface area contributed by atoms with E-state index < -0.39 is 16.9 Å². The van der Waals surface area contributed by atoms with Gasteiger partial charge in [-0.1, -0.05) is 47.7 Å². The maximum absolute atomic E-state index is 14.2. The largest absolute Gasteiger partial charge is 0.493 e. The molecule has 1 aliphatic heterocycles. The molecule has 0 radical (unpaired) electrons. The smallest absolute Gasteiger partial charge is 0.338 e. The van der Waals surface area contributed by atoms with Crippen LogP contribution in [-0.2, 0) is 9.53 Å². The number of furan rings is 1. The van der Waals surface area contributed by atoms with Crippen LogP contribution in [0.5, 0.6) is 11.5 Å². The molecule has 47 heavy (non-hydrogen) atoms. The Hall–Kier alpha value is -5.75. The van der Waals surface area contributed by atoms with Crippen molar-refractivity contribution < 1.29 is 28.3 Å². The second-order valence-electron chi connectivity index (χ2n) is 10.5. The predicted octanol–water partition coefficient (Wildman–Crippen LogP) is 5.43. The lowest BCUT2D eigenvalue weighted by Gasteiger charge is -2.26. The standard InChI is InChI=1S/C35H29N3O8S/c1-5-45-34(40)30-31(21-9-7-6-8-10-21)36-35-37(32(30)22-11-15-27(43-3)28(18-22)44-4)33(39)29(47-35)19-24-13-16-26(46-24)25-14-12-23(38(41)42)17-20(25)2/h6-19,32H,5H2,1-4H3/b29-19-/t32-/m1/s1. The van der Waals surface area contributed by atoms with Crippen molar-refractivity contribution in [3.8, 4) is 22.8 Å². The third-order valence-electron chi connectivity index (χ3n) is 7.68. The molecule has 0 N–H and O–H groups in total. The van der Waals surface area contributed by atoms with Gasteiger partial charge in [0.2, 0.25) is 0 Å². The average Bonchev–Trinajstić information content (AvgIpc) is 3.67. The average molecular weight is 652 g/mol. The van der Waals surface area contributed by atoms with Gasteiger partial charge in [0, 0.05) is 29.3 Å². The number of nitro groups is 1. The van der Waals surface area contributed by atoms with E-state index in [0.29, 0.717) is 60.3 Å². The van der Waals surface area contributed by atoms with Crippen LogP contribution in [0.15, 0.2) is 98.6 Å². The fourth-order valence-corrected chi connectivity index (χ4v) is 6.50. The van der Waals surface area contributed by atoms with Gasteiger partial charge in [0.05, 0.1) is 47.6 Å². The fourth-order valence-electron chi connectivity index (χ4n) is 5.52. The summed E-state index contributed by atoms with van der Waals surface area (Å²) in [6.07, 6.45) is 1.62. The third kappa shape index (κ3) is 5.86. The van der Waals surface area contributed by atoms with Crippen molar-refractivity contribution in [2.75, 3.05) is 20.8 Å². The van der Waals surface area contributed by atoms with Crippen LogP contribution in [0.25, 0.3) is 23.1 Å². The highest BCUT2D eigenvalue weighted by atomic mass is 32.1. The number of hydrogen-bond donors (Lipinski definition) is 0. The molecule has 3 aromatic carbocycles. The van der Waals surface area contributed by atoms with Crippen LogP contribution < -0.4 is 24.4 Å². The van der Waals surface area contributed by atoms with Gasteiger partial charge in [0.25, 0.3) is 11.2 Å². The van der Waals surface area contributed by atoms with Crippen LogP contribution in [-0.4, -0.2) is 36.3 Å². The first kappa shape index (κ1) is 31.2. The van der Waals surface area contributed by atoms with E-state index in [1.54, 1.807) is 56.3 Å². The summed E-state index contributed by atoms with van der Waals surface area (Å²) in [5.74, 6) is 1.22. The first-order valence-electron chi connectivity index (χ1n) is 14.6. The molecule has 2 aromatic heterocycles. The van der Waals surface area contributed by atoms with Crippen molar-refractivity contribution >= 4 is 34.8 Å².